The molecule has 0 aliphatic heterocycles. The lowest BCUT2D eigenvalue weighted by Gasteiger charge is -2.11. The molecule has 2 aromatic rings. The molecule has 0 unspecified atom stereocenters. The quantitative estimate of drug-likeness (QED) is 0.704. The second kappa shape index (κ2) is 9.35. The van der Waals surface area contributed by atoms with E-state index in [1.807, 2.05) is 44.2 Å². The molecule has 2 aromatic carbocycles. The number of ether oxygens (including phenoxy) is 1. The minimum atomic E-state index is -3.52. The Kier molecular flexibility index (Phi) is 7.17. The summed E-state index contributed by atoms with van der Waals surface area (Å²) in [6.45, 7) is 3.56. The number of hydrogen-bond donors (Lipinski definition) is 2. The average Bonchev–Trinajstić information content (AvgIpc) is 2.61. The molecule has 0 heterocycles. The van der Waals surface area contributed by atoms with Crippen LogP contribution >= 0.6 is 0 Å². The van der Waals surface area contributed by atoms with Crippen LogP contribution in [0, 0.1) is 0 Å². The van der Waals surface area contributed by atoms with Crippen LogP contribution < -0.4 is 14.8 Å². The van der Waals surface area contributed by atoms with E-state index in [0.29, 0.717) is 17.9 Å². The first kappa shape index (κ1) is 19.9. The third-order valence-corrected chi connectivity index (χ3v) is 4.79. The Balaban J connectivity index is 1.78. The number of hydrogen-bond acceptors (Lipinski definition) is 4. The maximum Gasteiger partial charge on any atom is 0.239 e. The fourth-order valence-corrected chi connectivity index (χ4v) is 3.24. The predicted molar refractivity (Wildman–Crippen MR) is 103 cm³/mol. The molecule has 0 atom stereocenters. The standard InChI is InChI=1S/C19H24N2O4S/c1-15(2)25-18-10-8-17(9-11-18)21-19(22)14-20-26(23,24)13-12-16-6-4-3-5-7-16/h3-11,15,20H,12-14H2,1-2H3,(H,21,22). The number of benzene rings is 2. The van der Waals surface area contributed by atoms with Gasteiger partial charge in [-0.2, -0.15) is 0 Å². The van der Waals surface area contributed by atoms with Crippen molar-refractivity contribution in [3.05, 3.63) is 60.2 Å². The van der Waals surface area contributed by atoms with E-state index in [4.69, 9.17) is 4.74 Å². The van der Waals surface area contributed by atoms with Crippen LogP contribution in [0.2, 0.25) is 0 Å². The first-order chi connectivity index (χ1) is 12.3. The van der Waals surface area contributed by atoms with Gasteiger partial charge in [0.05, 0.1) is 18.4 Å². The minimum absolute atomic E-state index is 0.0640. The molecule has 2 N–H and O–H groups in total. The molecule has 0 bridgehead atoms. The van der Waals surface area contributed by atoms with Crippen molar-refractivity contribution in [2.75, 3.05) is 17.6 Å². The van der Waals surface area contributed by atoms with Gasteiger partial charge in [-0.1, -0.05) is 30.3 Å². The molecule has 0 saturated carbocycles. The topological polar surface area (TPSA) is 84.5 Å². The van der Waals surface area contributed by atoms with Crippen LogP contribution in [0.3, 0.4) is 0 Å². The summed E-state index contributed by atoms with van der Waals surface area (Å²) >= 11 is 0. The van der Waals surface area contributed by atoms with E-state index in [9.17, 15) is 13.2 Å². The number of rotatable bonds is 9. The van der Waals surface area contributed by atoms with Crippen LogP contribution in [-0.2, 0) is 21.2 Å². The molecule has 0 spiro atoms. The molecule has 1 amide bonds. The van der Waals surface area contributed by atoms with Gasteiger partial charge in [0.25, 0.3) is 0 Å². The zero-order valence-corrected chi connectivity index (χ0v) is 15.8. The lowest BCUT2D eigenvalue weighted by Crippen LogP contribution is -2.34. The molecule has 7 heteroatoms. The lowest BCUT2D eigenvalue weighted by atomic mass is 10.2. The van der Waals surface area contributed by atoms with Crippen LogP contribution in [0.5, 0.6) is 5.75 Å². The van der Waals surface area contributed by atoms with Crippen LogP contribution in [0.1, 0.15) is 19.4 Å². The van der Waals surface area contributed by atoms with Gasteiger partial charge in [0, 0.05) is 5.69 Å². The van der Waals surface area contributed by atoms with Crippen molar-refractivity contribution < 1.29 is 17.9 Å². The van der Waals surface area contributed by atoms with E-state index in [0.717, 1.165) is 5.56 Å². The summed E-state index contributed by atoms with van der Waals surface area (Å²) in [5.41, 5.74) is 1.51. The Hall–Kier alpha value is -2.38. The number of amides is 1. The second-order valence-electron chi connectivity index (χ2n) is 6.11. The zero-order valence-electron chi connectivity index (χ0n) is 14.9. The molecule has 26 heavy (non-hydrogen) atoms. The van der Waals surface area contributed by atoms with Crippen LogP contribution in [-0.4, -0.2) is 32.7 Å². The lowest BCUT2D eigenvalue weighted by molar-refractivity contribution is -0.115. The highest BCUT2D eigenvalue weighted by Gasteiger charge is 2.13. The van der Waals surface area contributed by atoms with Gasteiger partial charge in [-0.05, 0) is 50.1 Å². The van der Waals surface area contributed by atoms with Gasteiger partial charge in [0.2, 0.25) is 15.9 Å². The molecule has 0 aliphatic rings. The Morgan fingerprint density at radius 3 is 2.31 bits per heavy atom. The molecule has 2 rings (SSSR count). The highest BCUT2D eigenvalue weighted by Crippen LogP contribution is 2.16. The highest BCUT2D eigenvalue weighted by atomic mass is 32.2. The first-order valence-corrected chi connectivity index (χ1v) is 10.1. The van der Waals surface area contributed by atoms with Gasteiger partial charge in [0.1, 0.15) is 5.75 Å². The van der Waals surface area contributed by atoms with Crippen LogP contribution in [0.4, 0.5) is 5.69 Å². The van der Waals surface area contributed by atoms with E-state index in [1.165, 1.54) is 0 Å². The summed E-state index contributed by atoms with van der Waals surface area (Å²) in [5.74, 6) is 0.219. The Bertz CT molecular complexity index is 803. The van der Waals surface area contributed by atoms with Crippen LogP contribution in [0.15, 0.2) is 54.6 Å². The molecule has 0 radical (unpaired) electrons. The summed E-state index contributed by atoms with van der Waals surface area (Å²) in [5, 5.41) is 2.65. The summed E-state index contributed by atoms with van der Waals surface area (Å²) in [6.07, 6.45) is 0.468. The minimum Gasteiger partial charge on any atom is -0.491 e. The van der Waals surface area contributed by atoms with Crippen molar-refractivity contribution in [3.63, 3.8) is 0 Å². The molecule has 0 aliphatic carbocycles. The molecule has 0 saturated heterocycles. The largest absolute Gasteiger partial charge is 0.491 e. The normalized spacial score (nSPS) is 11.3. The third-order valence-electron chi connectivity index (χ3n) is 3.46. The summed E-state index contributed by atoms with van der Waals surface area (Å²) in [6, 6.07) is 16.3. The molecule has 0 fully saturated rings. The van der Waals surface area contributed by atoms with Gasteiger partial charge >= 0.3 is 0 Å². The van der Waals surface area contributed by atoms with E-state index in [2.05, 4.69) is 10.0 Å². The summed E-state index contributed by atoms with van der Waals surface area (Å²) in [7, 11) is -3.52. The second-order valence-corrected chi connectivity index (χ2v) is 8.04. The maximum atomic E-state index is 12.0. The monoisotopic (exact) mass is 376 g/mol. The summed E-state index contributed by atoms with van der Waals surface area (Å²) in [4.78, 5) is 11.9. The number of carbonyl (C=O) groups is 1. The van der Waals surface area contributed by atoms with E-state index in [-0.39, 0.29) is 18.4 Å². The van der Waals surface area contributed by atoms with Crippen LogP contribution in [0.25, 0.3) is 0 Å². The van der Waals surface area contributed by atoms with Crippen molar-refractivity contribution in [2.24, 2.45) is 0 Å². The van der Waals surface area contributed by atoms with Gasteiger partial charge in [0.15, 0.2) is 0 Å². The van der Waals surface area contributed by atoms with Gasteiger partial charge in [-0.25, -0.2) is 13.1 Å². The molecular weight excluding hydrogens is 352 g/mol. The SMILES string of the molecule is CC(C)Oc1ccc(NC(=O)CNS(=O)(=O)CCc2ccccc2)cc1. The maximum absolute atomic E-state index is 12.0. The van der Waals surface area contributed by atoms with Gasteiger partial charge in [-0.3, -0.25) is 4.79 Å². The fraction of sp³-hybridized carbons (Fsp3) is 0.316. The number of nitrogens with one attached hydrogen (secondary N) is 2. The Morgan fingerprint density at radius 2 is 1.69 bits per heavy atom. The van der Waals surface area contributed by atoms with Crippen molar-refractivity contribution in [1.82, 2.24) is 4.72 Å². The van der Waals surface area contributed by atoms with Gasteiger partial charge in [-0.15, -0.1) is 0 Å². The average molecular weight is 376 g/mol. The van der Waals surface area contributed by atoms with Crippen molar-refractivity contribution in [1.29, 1.82) is 0 Å². The Labute approximate surface area is 154 Å². The van der Waals surface area contributed by atoms with Crippen molar-refractivity contribution in [3.8, 4) is 5.75 Å². The molecule has 0 aromatic heterocycles. The van der Waals surface area contributed by atoms with Gasteiger partial charge < -0.3 is 10.1 Å². The third kappa shape index (κ3) is 7.25. The zero-order chi connectivity index (χ0) is 19.0. The highest BCUT2D eigenvalue weighted by molar-refractivity contribution is 7.89. The van der Waals surface area contributed by atoms with E-state index in [1.54, 1.807) is 24.3 Å². The summed E-state index contributed by atoms with van der Waals surface area (Å²) < 4.78 is 31.8. The van der Waals surface area contributed by atoms with Crippen molar-refractivity contribution >= 4 is 21.6 Å². The number of aryl methyl sites for hydroxylation is 1. The molecular formula is C19H24N2O4S. The number of sulfonamides is 1. The van der Waals surface area contributed by atoms with Crippen molar-refractivity contribution in [2.45, 2.75) is 26.4 Å². The number of carbonyl (C=O) groups excluding carboxylic acids is 1. The Morgan fingerprint density at radius 1 is 1.04 bits per heavy atom. The fourth-order valence-electron chi connectivity index (χ4n) is 2.24. The predicted octanol–water partition coefficient (Wildman–Crippen LogP) is 2.57. The molecule has 140 valence electrons. The molecule has 6 nitrogen and oxygen atoms in total. The van der Waals surface area contributed by atoms with E-state index < -0.39 is 15.9 Å². The first-order valence-electron chi connectivity index (χ1n) is 8.42. The smallest absolute Gasteiger partial charge is 0.239 e. The number of anilines is 1. The van der Waals surface area contributed by atoms with E-state index >= 15 is 0 Å².